The molecule has 0 aliphatic heterocycles. The number of amides is 1. The van der Waals surface area contributed by atoms with Crippen molar-refractivity contribution in [2.24, 2.45) is 5.92 Å². The highest BCUT2D eigenvalue weighted by atomic mass is 16.5. The number of esters is 1. The summed E-state index contributed by atoms with van der Waals surface area (Å²) >= 11 is 0. The van der Waals surface area contributed by atoms with E-state index in [1.807, 2.05) is 13.8 Å². The molecule has 0 aliphatic rings. The molecule has 1 aromatic rings. The lowest BCUT2D eigenvalue weighted by Crippen LogP contribution is -2.36. The number of aromatic nitrogens is 2. The molecule has 0 saturated heterocycles. The number of nitrogen functional groups attached to an aromatic ring is 1. The first-order valence-corrected chi connectivity index (χ1v) is 6.11. The maximum Gasteiger partial charge on any atom is 0.307 e. The van der Waals surface area contributed by atoms with E-state index in [-0.39, 0.29) is 24.1 Å². The number of hydrogen-bond donors (Lipinski definition) is 2. The fraction of sp³-hybridized carbons (Fsp3) is 0.583. The number of nitrogens with zero attached hydrogens (tertiary/aromatic N) is 2. The van der Waals surface area contributed by atoms with Crippen molar-refractivity contribution in [2.45, 2.75) is 20.3 Å². The number of hydrogen-bond acceptors (Lipinski definition) is 5. The quantitative estimate of drug-likeness (QED) is 0.738. The summed E-state index contributed by atoms with van der Waals surface area (Å²) in [4.78, 5) is 25.0. The standard InChI is InChI=1S/C12H20N4O3/c1-8(2)7-16(5-4-11(17)19-3)12(18)9-6-10(13)15-14-9/h6,8H,4-5,7H2,1-3H3,(H3,13,14,15). The lowest BCUT2D eigenvalue weighted by Gasteiger charge is -2.23. The van der Waals surface area contributed by atoms with E-state index in [2.05, 4.69) is 14.9 Å². The molecule has 106 valence electrons. The zero-order valence-corrected chi connectivity index (χ0v) is 11.5. The van der Waals surface area contributed by atoms with E-state index in [1.54, 1.807) is 4.90 Å². The molecule has 0 atom stereocenters. The predicted octanol–water partition coefficient (Wildman–Crippen LogP) is 0.653. The van der Waals surface area contributed by atoms with Crippen LogP contribution in [-0.2, 0) is 9.53 Å². The minimum Gasteiger partial charge on any atom is -0.469 e. The molecule has 1 heterocycles. The second-order valence-electron chi connectivity index (χ2n) is 4.68. The Balaban J connectivity index is 2.72. The molecule has 1 aromatic heterocycles. The molecule has 1 amide bonds. The summed E-state index contributed by atoms with van der Waals surface area (Å²) in [6, 6.07) is 1.48. The topological polar surface area (TPSA) is 101 Å². The number of H-pyrrole nitrogens is 1. The van der Waals surface area contributed by atoms with Crippen molar-refractivity contribution < 1.29 is 14.3 Å². The summed E-state index contributed by atoms with van der Waals surface area (Å²) in [5.41, 5.74) is 5.80. The van der Waals surface area contributed by atoms with Gasteiger partial charge in [-0.15, -0.1) is 0 Å². The van der Waals surface area contributed by atoms with Crippen LogP contribution in [0.2, 0.25) is 0 Å². The Bertz CT molecular complexity index is 442. The van der Waals surface area contributed by atoms with Crippen LogP contribution >= 0.6 is 0 Å². The van der Waals surface area contributed by atoms with Crippen LogP contribution in [0.25, 0.3) is 0 Å². The van der Waals surface area contributed by atoms with Crippen molar-refractivity contribution in [3.8, 4) is 0 Å². The molecule has 0 aliphatic carbocycles. The van der Waals surface area contributed by atoms with Crippen LogP contribution in [0.4, 0.5) is 5.82 Å². The largest absolute Gasteiger partial charge is 0.469 e. The first-order chi connectivity index (χ1) is 8.93. The van der Waals surface area contributed by atoms with Crippen molar-refractivity contribution in [3.05, 3.63) is 11.8 Å². The van der Waals surface area contributed by atoms with Crippen molar-refractivity contribution >= 4 is 17.7 Å². The number of carbonyl (C=O) groups excluding carboxylic acids is 2. The Morgan fingerprint density at radius 2 is 2.21 bits per heavy atom. The van der Waals surface area contributed by atoms with E-state index in [1.165, 1.54) is 13.2 Å². The zero-order valence-electron chi connectivity index (χ0n) is 11.5. The van der Waals surface area contributed by atoms with Crippen molar-refractivity contribution in [1.82, 2.24) is 15.1 Å². The number of ether oxygens (including phenoxy) is 1. The van der Waals surface area contributed by atoms with E-state index < -0.39 is 0 Å². The van der Waals surface area contributed by atoms with Gasteiger partial charge in [-0.05, 0) is 5.92 Å². The summed E-state index contributed by atoms with van der Waals surface area (Å²) < 4.78 is 4.58. The third kappa shape index (κ3) is 4.61. The highest BCUT2D eigenvalue weighted by molar-refractivity contribution is 5.93. The molecule has 19 heavy (non-hydrogen) atoms. The van der Waals surface area contributed by atoms with Crippen LogP contribution in [0.5, 0.6) is 0 Å². The minimum absolute atomic E-state index is 0.165. The molecule has 0 radical (unpaired) electrons. The Morgan fingerprint density at radius 3 is 2.68 bits per heavy atom. The number of methoxy groups -OCH3 is 1. The molecule has 0 bridgehead atoms. The van der Waals surface area contributed by atoms with Gasteiger partial charge in [-0.2, -0.15) is 5.10 Å². The van der Waals surface area contributed by atoms with Gasteiger partial charge in [0.1, 0.15) is 11.5 Å². The monoisotopic (exact) mass is 268 g/mol. The van der Waals surface area contributed by atoms with Gasteiger partial charge in [0.2, 0.25) is 0 Å². The van der Waals surface area contributed by atoms with Crippen LogP contribution in [0.15, 0.2) is 6.07 Å². The van der Waals surface area contributed by atoms with Gasteiger partial charge in [-0.25, -0.2) is 0 Å². The third-order valence-corrected chi connectivity index (χ3v) is 2.51. The van der Waals surface area contributed by atoms with Crippen LogP contribution in [-0.4, -0.2) is 47.2 Å². The normalized spacial score (nSPS) is 10.5. The molecule has 1 rings (SSSR count). The molecule has 7 nitrogen and oxygen atoms in total. The highest BCUT2D eigenvalue weighted by Crippen LogP contribution is 2.09. The van der Waals surface area contributed by atoms with E-state index >= 15 is 0 Å². The van der Waals surface area contributed by atoms with Gasteiger partial charge >= 0.3 is 5.97 Å². The average molecular weight is 268 g/mol. The van der Waals surface area contributed by atoms with Gasteiger partial charge in [-0.3, -0.25) is 14.7 Å². The molecular formula is C12H20N4O3. The van der Waals surface area contributed by atoms with Gasteiger partial charge in [-0.1, -0.05) is 13.8 Å². The summed E-state index contributed by atoms with van der Waals surface area (Å²) in [7, 11) is 1.33. The van der Waals surface area contributed by atoms with Gasteiger partial charge in [0.15, 0.2) is 0 Å². The van der Waals surface area contributed by atoms with Gasteiger partial charge in [0.05, 0.1) is 13.5 Å². The van der Waals surface area contributed by atoms with Crippen LogP contribution in [0.3, 0.4) is 0 Å². The fourth-order valence-corrected chi connectivity index (χ4v) is 1.66. The van der Waals surface area contributed by atoms with Crippen molar-refractivity contribution in [2.75, 3.05) is 25.9 Å². The fourth-order valence-electron chi connectivity index (χ4n) is 1.66. The van der Waals surface area contributed by atoms with E-state index in [0.717, 1.165) is 0 Å². The van der Waals surface area contributed by atoms with E-state index in [9.17, 15) is 9.59 Å². The number of aromatic amines is 1. The van der Waals surface area contributed by atoms with Crippen LogP contribution in [0.1, 0.15) is 30.8 Å². The molecule has 0 spiro atoms. The first-order valence-electron chi connectivity index (χ1n) is 6.11. The maximum absolute atomic E-state index is 12.2. The smallest absolute Gasteiger partial charge is 0.307 e. The Hall–Kier alpha value is -2.05. The second-order valence-corrected chi connectivity index (χ2v) is 4.68. The summed E-state index contributed by atoms with van der Waals surface area (Å²) in [5.74, 6) is -0.00448. The van der Waals surface area contributed by atoms with Crippen LogP contribution in [0, 0.1) is 5.92 Å². The lowest BCUT2D eigenvalue weighted by molar-refractivity contribution is -0.140. The summed E-state index contributed by atoms with van der Waals surface area (Å²) in [5, 5.41) is 6.30. The van der Waals surface area contributed by atoms with Crippen molar-refractivity contribution in [3.63, 3.8) is 0 Å². The first kappa shape index (κ1) is 15.0. The number of nitrogens with two attached hydrogens (primary N) is 1. The zero-order chi connectivity index (χ0) is 14.4. The lowest BCUT2D eigenvalue weighted by atomic mass is 10.2. The Labute approximate surface area is 112 Å². The summed E-state index contributed by atoms with van der Waals surface area (Å²) in [6.45, 7) is 4.86. The van der Waals surface area contributed by atoms with Crippen molar-refractivity contribution in [1.29, 1.82) is 0 Å². The number of nitrogens with one attached hydrogen (secondary N) is 1. The van der Waals surface area contributed by atoms with Gasteiger partial charge in [0.25, 0.3) is 5.91 Å². The molecule has 0 saturated carbocycles. The third-order valence-electron chi connectivity index (χ3n) is 2.51. The molecule has 0 unspecified atom stereocenters. The Kier molecular flexibility index (Phi) is 5.35. The molecule has 0 fully saturated rings. The number of anilines is 1. The van der Waals surface area contributed by atoms with E-state index in [0.29, 0.717) is 24.7 Å². The Morgan fingerprint density at radius 1 is 1.53 bits per heavy atom. The summed E-state index contributed by atoms with van der Waals surface area (Å²) in [6.07, 6.45) is 0.165. The van der Waals surface area contributed by atoms with Gasteiger partial charge in [0, 0.05) is 19.2 Å². The van der Waals surface area contributed by atoms with Gasteiger partial charge < -0.3 is 15.4 Å². The number of carbonyl (C=O) groups is 2. The second kappa shape index (κ2) is 6.77. The average Bonchev–Trinajstić information content (AvgIpc) is 2.79. The highest BCUT2D eigenvalue weighted by Gasteiger charge is 2.19. The SMILES string of the molecule is COC(=O)CCN(CC(C)C)C(=O)c1cc(N)n[nH]1. The molecule has 0 aromatic carbocycles. The minimum atomic E-state index is -0.342. The van der Waals surface area contributed by atoms with E-state index in [4.69, 9.17) is 5.73 Å². The molecule has 7 heteroatoms. The maximum atomic E-state index is 12.2. The predicted molar refractivity (Wildman–Crippen MR) is 70.4 cm³/mol. The van der Waals surface area contributed by atoms with Crippen LogP contribution < -0.4 is 5.73 Å². The number of rotatable bonds is 6. The molecule has 3 N–H and O–H groups in total. The molecular weight excluding hydrogens is 248 g/mol.